The van der Waals surface area contributed by atoms with Crippen LogP contribution in [-0.4, -0.2) is 17.9 Å². The Labute approximate surface area is 63.4 Å². The third kappa shape index (κ3) is 1.19. The molecule has 3 heteroatoms. The smallest absolute Gasteiger partial charge is 0.335 e. The summed E-state index contributed by atoms with van der Waals surface area (Å²) in [4.78, 5) is 9.10. The van der Waals surface area contributed by atoms with Crippen LogP contribution in [0, 0.1) is 6.92 Å². The molecule has 0 aromatic carbocycles. The molecule has 0 aliphatic carbocycles. The molecular formula is C7H9O2S+. The number of ether oxygens (including phenoxy) is 1. The Morgan fingerprint density at radius 2 is 2.30 bits per heavy atom. The quantitative estimate of drug-likeness (QED) is 0.449. The van der Waals surface area contributed by atoms with Crippen LogP contribution in [0.5, 0.6) is 0 Å². The van der Waals surface area contributed by atoms with Crippen LogP contribution in [0.2, 0.25) is 0 Å². The van der Waals surface area contributed by atoms with Crippen molar-refractivity contribution in [2.45, 2.75) is 6.92 Å². The number of thiophene rings is 1. The molecule has 1 heterocycles. The monoisotopic (exact) mass is 157 g/mol. The molecule has 10 heavy (non-hydrogen) atoms. The maximum Gasteiger partial charge on any atom is 0.518 e. The van der Waals surface area contributed by atoms with E-state index in [2.05, 4.69) is 4.74 Å². The molecule has 0 aliphatic rings. The second-order valence-corrected chi connectivity index (χ2v) is 2.72. The number of aryl methyl sites for hydroxylation is 1. The molecule has 0 bridgehead atoms. The van der Waals surface area contributed by atoms with Crippen LogP contribution in [0.1, 0.15) is 11.1 Å². The third-order valence-corrected chi connectivity index (χ3v) is 2.14. The maximum atomic E-state index is 9.10. The first-order valence-corrected chi connectivity index (χ1v) is 3.83. The number of carbonyl (C=O) groups excluding carboxylic acids is 1. The Morgan fingerprint density at radius 1 is 1.60 bits per heavy atom. The van der Waals surface area contributed by atoms with E-state index in [-0.39, 0.29) is 5.97 Å². The van der Waals surface area contributed by atoms with Crippen molar-refractivity contribution in [3.63, 3.8) is 0 Å². The lowest BCUT2D eigenvalue weighted by molar-refractivity contribution is 0.357. The first kappa shape index (κ1) is 7.28. The predicted molar refractivity (Wildman–Crippen MR) is 42.1 cm³/mol. The average Bonchev–Trinajstić information content (AvgIpc) is 2.34. The van der Waals surface area contributed by atoms with Crippen molar-refractivity contribution >= 4 is 17.3 Å². The summed E-state index contributed by atoms with van der Waals surface area (Å²) in [6.45, 7) is 1.93. The highest BCUT2D eigenvalue weighted by atomic mass is 32.1. The van der Waals surface area contributed by atoms with Crippen molar-refractivity contribution in [1.29, 1.82) is 0 Å². The molecule has 0 spiro atoms. The molecule has 1 rings (SSSR count). The van der Waals surface area contributed by atoms with Gasteiger partial charge in [-0.1, -0.05) is 0 Å². The molecule has 1 N–H and O–H groups in total. The number of hydrogen-bond acceptors (Lipinski definition) is 2. The van der Waals surface area contributed by atoms with E-state index in [1.54, 1.807) is 11.3 Å². The summed E-state index contributed by atoms with van der Waals surface area (Å²) in [6.07, 6.45) is 0. The minimum Gasteiger partial charge on any atom is -0.335 e. The lowest BCUT2D eigenvalue weighted by Gasteiger charge is -1.86. The lowest BCUT2D eigenvalue weighted by Crippen LogP contribution is -2.02. The van der Waals surface area contributed by atoms with Gasteiger partial charge in [-0.25, -0.2) is 0 Å². The van der Waals surface area contributed by atoms with Gasteiger partial charge in [-0.15, -0.1) is 0 Å². The van der Waals surface area contributed by atoms with Crippen LogP contribution < -0.4 is 0 Å². The summed E-state index contributed by atoms with van der Waals surface area (Å²) in [7, 11) is 1.45. The summed E-state index contributed by atoms with van der Waals surface area (Å²) < 4.78 is 4.65. The van der Waals surface area contributed by atoms with Gasteiger partial charge in [0.1, 0.15) is 5.56 Å². The first-order chi connectivity index (χ1) is 4.75. The zero-order valence-electron chi connectivity index (χ0n) is 5.92. The molecule has 0 fully saturated rings. The Hall–Kier alpha value is -0.830. The molecule has 0 radical (unpaired) electrons. The van der Waals surface area contributed by atoms with E-state index in [1.165, 1.54) is 7.11 Å². The molecule has 0 amide bonds. The van der Waals surface area contributed by atoms with Gasteiger partial charge in [-0.3, -0.25) is 0 Å². The van der Waals surface area contributed by atoms with E-state index in [0.29, 0.717) is 0 Å². The van der Waals surface area contributed by atoms with Crippen molar-refractivity contribution in [2.24, 2.45) is 0 Å². The predicted octanol–water partition coefficient (Wildman–Crippen LogP) is 1.55. The van der Waals surface area contributed by atoms with E-state index in [1.807, 2.05) is 17.7 Å². The molecule has 0 saturated heterocycles. The van der Waals surface area contributed by atoms with E-state index in [0.717, 1.165) is 11.1 Å². The fraction of sp³-hybridized carbons (Fsp3) is 0.286. The van der Waals surface area contributed by atoms with Crippen molar-refractivity contribution in [1.82, 2.24) is 0 Å². The summed E-state index contributed by atoms with van der Waals surface area (Å²) in [6, 6.07) is 0. The average molecular weight is 157 g/mol. The summed E-state index contributed by atoms with van der Waals surface area (Å²) in [5, 5.41) is 3.82. The Bertz CT molecular complexity index is 240. The maximum absolute atomic E-state index is 9.10. The number of methoxy groups -OCH3 is 1. The second-order valence-electron chi connectivity index (χ2n) is 1.98. The van der Waals surface area contributed by atoms with Gasteiger partial charge < -0.3 is 9.53 Å². The van der Waals surface area contributed by atoms with Gasteiger partial charge in [0.25, 0.3) is 0 Å². The van der Waals surface area contributed by atoms with Gasteiger partial charge in [0.2, 0.25) is 0 Å². The molecule has 54 valence electrons. The lowest BCUT2D eigenvalue weighted by atomic mass is 10.2. The zero-order valence-corrected chi connectivity index (χ0v) is 6.73. The fourth-order valence-corrected chi connectivity index (χ4v) is 1.51. The molecule has 2 nitrogen and oxygen atoms in total. The minimum absolute atomic E-state index is 0.00116. The number of esters is 1. The van der Waals surface area contributed by atoms with Crippen LogP contribution in [-0.2, 0) is 4.74 Å². The normalized spacial score (nSPS) is 9.40. The molecule has 1 aromatic rings. The second kappa shape index (κ2) is 2.84. The molecule has 0 unspecified atom stereocenters. The van der Waals surface area contributed by atoms with Crippen LogP contribution >= 0.6 is 11.3 Å². The van der Waals surface area contributed by atoms with Crippen LogP contribution in [0.3, 0.4) is 0 Å². The highest BCUT2D eigenvalue weighted by Crippen LogP contribution is 2.13. The largest absolute Gasteiger partial charge is 0.518 e. The summed E-state index contributed by atoms with van der Waals surface area (Å²) >= 11 is 1.55. The summed E-state index contributed by atoms with van der Waals surface area (Å²) in [5.74, 6) is -0.00116. The number of rotatable bonds is 1. The van der Waals surface area contributed by atoms with Crippen LogP contribution in [0.25, 0.3) is 0 Å². The highest BCUT2D eigenvalue weighted by Gasteiger charge is 2.16. The van der Waals surface area contributed by atoms with Gasteiger partial charge in [0.05, 0.1) is 0 Å². The van der Waals surface area contributed by atoms with E-state index < -0.39 is 0 Å². The Kier molecular flexibility index (Phi) is 2.06. The van der Waals surface area contributed by atoms with E-state index in [4.69, 9.17) is 4.79 Å². The number of hydrogen-bond donors (Lipinski definition) is 0. The van der Waals surface area contributed by atoms with Crippen molar-refractivity contribution in [2.75, 3.05) is 7.11 Å². The standard InChI is InChI=1S/C7H8O2S/c1-5-3-10-4-6(5)7(8)9-2/h3-4H,1-2H3/p+1. The van der Waals surface area contributed by atoms with Crippen LogP contribution in [0.15, 0.2) is 10.8 Å². The third-order valence-electron chi connectivity index (χ3n) is 1.28. The highest BCUT2D eigenvalue weighted by molar-refractivity contribution is 7.08. The first-order valence-electron chi connectivity index (χ1n) is 2.88. The van der Waals surface area contributed by atoms with Crippen molar-refractivity contribution < 1.29 is 9.53 Å². The molecule has 0 atom stereocenters. The molecule has 1 aromatic heterocycles. The SMILES string of the molecule is COC(=[OH+])c1cscc1C. The molecular weight excluding hydrogens is 148 g/mol. The zero-order chi connectivity index (χ0) is 7.56. The summed E-state index contributed by atoms with van der Waals surface area (Å²) in [5.41, 5.74) is 1.83. The van der Waals surface area contributed by atoms with Crippen molar-refractivity contribution in [3.8, 4) is 0 Å². The molecule has 0 saturated carbocycles. The fourth-order valence-electron chi connectivity index (χ4n) is 0.690. The minimum atomic E-state index is -0.00116. The van der Waals surface area contributed by atoms with Gasteiger partial charge in [0.15, 0.2) is 7.11 Å². The topological polar surface area (TPSA) is 30.6 Å². The molecule has 0 aliphatic heterocycles. The van der Waals surface area contributed by atoms with Gasteiger partial charge >= 0.3 is 5.97 Å². The van der Waals surface area contributed by atoms with E-state index >= 15 is 0 Å². The van der Waals surface area contributed by atoms with Crippen LogP contribution in [0.4, 0.5) is 0 Å². The van der Waals surface area contributed by atoms with Crippen molar-refractivity contribution in [3.05, 3.63) is 21.9 Å². The Balaban J connectivity index is 2.93. The van der Waals surface area contributed by atoms with Gasteiger partial charge in [-0.2, -0.15) is 11.3 Å². The van der Waals surface area contributed by atoms with Gasteiger partial charge in [0, 0.05) is 5.38 Å². The van der Waals surface area contributed by atoms with E-state index in [9.17, 15) is 0 Å². The van der Waals surface area contributed by atoms with Gasteiger partial charge in [-0.05, 0) is 17.9 Å². The Morgan fingerprint density at radius 3 is 2.70 bits per heavy atom.